The average Bonchev–Trinajstić information content (AvgIpc) is 2.82. The molecule has 0 saturated carbocycles. The number of hydrogen-bond acceptors (Lipinski definition) is 2. The summed E-state index contributed by atoms with van der Waals surface area (Å²) in [6.45, 7) is 2.81. The number of para-hydroxylation sites is 1. The van der Waals surface area contributed by atoms with Gasteiger partial charge in [0.15, 0.2) is 0 Å². The van der Waals surface area contributed by atoms with Crippen LogP contribution in [0.3, 0.4) is 0 Å². The molecule has 3 nitrogen and oxygen atoms in total. The van der Waals surface area contributed by atoms with Crippen LogP contribution in [0.1, 0.15) is 24.7 Å². The van der Waals surface area contributed by atoms with Gasteiger partial charge in [0.05, 0.1) is 11.2 Å². The van der Waals surface area contributed by atoms with Gasteiger partial charge in [-0.1, -0.05) is 25.1 Å². The first-order chi connectivity index (χ1) is 10.2. The van der Waals surface area contributed by atoms with Gasteiger partial charge in [-0.3, -0.25) is 0 Å². The summed E-state index contributed by atoms with van der Waals surface area (Å²) in [6, 6.07) is 12.4. The van der Waals surface area contributed by atoms with E-state index in [1.165, 1.54) is 12.1 Å². The maximum Gasteiger partial charge on any atom is 0.123 e. The number of halogens is 1. The van der Waals surface area contributed by atoms with E-state index in [1.807, 2.05) is 30.3 Å². The molecule has 3 rings (SSSR count). The predicted molar refractivity (Wildman–Crippen MR) is 83.6 cm³/mol. The van der Waals surface area contributed by atoms with Gasteiger partial charge >= 0.3 is 0 Å². The van der Waals surface area contributed by atoms with Crippen LogP contribution in [0.15, 0.2) is 42.5 Å². The Kier molecular flexibility index (Phi) is 3.60. The Balaban J connectivity index is 2.08. The highest BCUT2D eigenvalue weighted by Gasteiger charge is 2.12. The van der Waals surface area contributed by atoms with E-state index >= 15 is 0 Å². The molecule has 0 spiro atoms. The monoisotopic (exact) mass is 283 g/mol. The Morgan fingerprint density at radius 3 is 2.62 bits per heavy atom. The molecule has 1 heterocycles. The largest absolute Gasteiger partial charge is 0.397 e. The van der Waals surface area contributed by atoms with E-state index < -0.39 is 0 Å². The van der Waals surface area contributed by atoms with E-state index in [9.17, 15) is 4.39 Å². The molecule has 0 aliphatic carbocycles. The molecule has 0 bridgehead atoms. The van der Waals surface area contributed by atoms with E-state index in [0.717, 1.165) is 35.3 Å². The van der Waals surface area contributed by atoms with Gasteiger partial charge < -0.3 is 10.3 Å². The van der Waals surface area contributed by atoms with Crippen LogP contribution in [-0.4, -0.2) is 9.55 Å². The fraction of sp³-hybridized carbons (Fsp3) is 0.235. The zero-order valence-corrected chi connectivity index (χ0v) is 12.0. The second kappa shape index (κ2) is 5.56. The number of aromatic nitrogens is 2. The maximum atomic E-state index is 13.0. The van der Waals surface area contributed by atoms with Crippen molar-refractivity contribution in [2.75, 3.05) is 5.73 Å². The van der Waals surface area contributed by atoms with Crippen LogP contribution < -0.4 is 5.73 Å². The quantitative estimate of drug-likeness (QED) is 0.741. The smallest absolute Gasteiger partial charge is 0.123 e. The van der Waals surface area contributed by atoms with Crippen molar-refractivity contribution in [1.29, 1.82) is 0 Å². The van der Waals surface area contributed by atoms with Crippen molar-refractivity contribution in [3.8, 4) is 0 Å². The van der Waals surface area contributed by atoms with Gasteiger partial charge in [0.2, 0.25) is 0 Å². The number of aryl methyl sites for hydroxylation is 1. The van der Waals surface area contributed by atoms with Gasteiger partial charge in [-0.05, 0) is 36.2 Å². The number of rotatable bonds is 4. The number of nitrogens with zero attached hydrogens (tertiary/aromatic N) is 2. The highest BCUT2D eigenvalue weighted by molar-refractivity contribution is 5.87. The number of hydrogen-bond donors (Lipinski definition) is 1. The SMILES string of the molecule is CCCc1nc2c(N)cccc2n1Cc1ccc(F)cc1. The molecule has 0 radical (unpaired) electrons. The Labute approximate surface area is 123 Å². The zero-order chi connectivity index (χ0) is 14.8. The first-order valence-electron chi connectivity index (χ1n) is 7.17. The highest BCUT2D eigenvalue weighted by Crippen LogP contribution is 2.23. The molecule has 0 saturated heterocycles. The van der Waals surface area contributed by atoms with Crippen LogP contribution in [0.2, 0.25) is 0 Å². The zero-order valence-electron chi connectivity index (χ0n) is 12.0. The number of benzene rings is 2. The summed E-state index contributed by atoms with van der Waals surface area (Å²) < 4.78 is 15.2. The molecule has 0 aliphatic rings. The summed E-state index contributed by atoms with van der Waals surface area (Å²) in [6.07, 6.45) is 1.92. The molecule has 1 aromatic heterocycles. The number of imidazole rings is 1. The van der Waals surface area contributed by atoms with Gasteiger partial charge in [0, 0.05) is 13.0 Å². The normalized spacial score (nSPS) is 11.1. The predicted octanol–water partition coefficient (Wildman–Crippen LogP) is 3.76. The standard InChI is InChI=1S/C17H18FN3/c1-2-4-16-20-17-14(19)5-3-6-15(17)21(16)11-12-7-9-13(18)10-8-12/h3,5-10H,2,4,11,19H2,1H3. The van der Waals surface area contributed by atoms with Gasteiger partial charge in [-0.2, -0.15) is 0 Å². The van der Waals surface area contributed by atoms with E-state index in [-0.39, 0.29) is 5.82 Å². The van der Waals surface area contributed by atoms with Crippen LogP contribution in [0, 0.1) is 5.82 Å². The Morgan fingerprint density at radius 1 is 1.14 bits per heavy atom. The topological polar surface area (TPSA) is 43.8 Å². The third-order valence-electron chi connectivity index (χ3n) is 3.62. The van der Waals surface area contributed by atoms with Crippen LogP contribution in [0.25, 0.3) is 11.0 Å². The number of fused-ring (bicyclic) bond motifs is 1. The summed E-state index contributed by atoms with van der Waals surface area (Å²) in [5.41, 5.74) is 9.65. The van der Waals surface area contributed by atoms with E-state index in [0.29, 0.717) is 12.2 Å². The molecule has 0 fully saturated rings. The second-order valence-electron chi connectivity index (χ2n) is 5.21. The molecule has 21 heavy (non-hydrogen) atoms. The first kappa shape index (κ1) is 13.6. The average molecular weight is 283 g/mol. The summed E-state index contributed by atoms with van der Waals surface area (Å²) in [5, 5.41) is 0. The molecule has 108 valence electrons. The van der Waals surface area contributed by atoms with Gasteiger partial charge in [0.25, 0.3) is 0 Å². The minimum atomic E-state index is -0.215. The lowest BCUT2D eigenvalue weighted by Crippen LogP contribution is -2.05. The van der Waals surface area contributed by atoms with Gasteiger partial charge in [-0.25, -0.2) is 9.37 Å². The number of nitrogens with two attached hydrogens (primary N) is 1. The summed E-state index contributed by atoms with van der Waals surface area (Å²) in [4.78, 5) is 4.68. The number of nitrogen functional groups attached to an aromatic ring is 1. The maximum absolute atomic E-state index is 13.0. The molecule has 0 atom stereocenters. The summed E-state index contributed by atoms with van der Waals surface area (Å²) in [7, 11) is 0. The molecule has 0 amide bonds. The van der Waals surface area contributed by atoms with Gasteiger partial charge in [-0.15, -0.1) is 0 Å². The Morgan fingerprint density at radius 2 is 1.90 bits per heavy atom. The molecular formula is C17H18FN3. The summed E-state index contributed by atoms with van der Waals surface area (Å²) in [5.74, 6) is 0.807. The van der Waals surface area contributed by atoms with Crippen molar-refractivity contribution < 1.29 is 4.39 Å². The molecule has 4 heteroatoms. The lowest BCUT2D eigenvalue weighted by Gasteiger charge is -2.09. The highest BCUT2D eigenvalue weighted by atomic mass is 19.1. The lowest BCUT2D eigenvalue weighted by molar-refractivity contribution is 0.626. The lowest BCUT2D eigenvalue weighted by atomic mass is 10.2. The fourth-order valence-corrected chi connectivity index (χ4v) is 2.58. The van der Waals surface area contributed by atoms with Crippen molar-refractivity contribution in [3.63, 3.8) is 0 Å². The first-order valence-corrected chi connectivity index (χ1v) is 7.17. The molecular weight excluding hydrogens is 265 g/mol. The second-order valence-corrected chi connectivity index (χ2v) is 5.21. The van der Waals surface area contributed by atoms with Crippen molar-refractivity contribution in [3.05, 3.63) is 59.7 Å². The number of anilines is 1. The van der Waals surface area contributed by atoms with Crippen LogP contribution in [0.5, 0.6) is 0 Å². The Hall–Kier alpha value is -2.36. The molecule has 3 aromatic rings. The molecule has 0 aliphatic heterocycles. The van der Waals surface area contributed by atoms with Crippen molar-refractivity contribution in [2.24, 2.45) is 0 Å². The molecule has 2 aromatic carbocycles. The van der Waals surface area contributed by atoms with Crippen molar-refractivity contribution >= 4 is 16.7 Å². The fourth-order valence-electron chi connectivity index (χ4n) is 2.58. The minimum Gasteiger partial charge on any atom is -0.397 e. The van der Waals surface area contributed by atoms with E-state index in [2.05, 4.69) is 16.5 Å². The van der Waals surface area contributed by atoms with Crippen LogP contribution in [-0.2, 0) is 13.0 Å². The van der Waals surface area contributed by atoms with Gasteiger partial charge in [0.1, 0.15) is 17.2 Å². The summed E-state index contributed by atoms with van der Waals surface area (Å²) >= 11 is 0. The third-order valence-corrected chi connectivity index (χ3v) is 3.62. The Bertz CT molecular complexity index is 760. The van der Waals surface area contributed by atoms with Crippen LogP contribution in [0.4, 0.5) is 10.1 Å². The minimum absolute atomic E-state index is 0.215. The van der Waals surface area contributed by atoms with E-state index in [4.69, 9.17) is 5.73 Å². The van der Waals surface area contributed by atoms with Crippen molar-refractivity contribution in [1.82, 2.24) is 9.55 Å². The van der Waals surface area contributed by atoms with Crippen LogP contribution >= 0.6 is 0 Å². The third kappa shape index (κ3) is 2.61. The molecule has 0 unspecified atom stereocenters. The van der Waals surface area contributed by atoms with E-state index in [1.54, 1.807) is 0 Å². The molecule has 2 N–H and O–H groups in total. The van der Waals surface area contributed by atoms with Crippen molar-refractivity contribution in [2.45, 2.75) is 26.3 Å².